The molecular formula is C14H24N2O. The van der Waals surface area contributed by atoms with Crippen molar-refractivity contribution in [3.8, 4) is 0 Å². The smallest absolute Gasteiger partial charge is 0.0944 e. The van der Waals surface area contributed by atoms with E-state index >= 15 is 0 Å². The van der Waals surface area contributed by atoms with Crippen LogP contribution < -0.4 is 5.32 Å². The second-order valence-corrected chi connectivity index (χ2v) is 4.99. The maximum Gasteiger partial charge on any atom is 0.0944 e. The van der Waals surface area contributed by atoms with E-state index in [-0.39, 0.29) is 6.10 Å². The summed E-state index contributed by atoms with van der Waals surface area (Å²) in [5.74, 6) is 0.869. The summed E-state index contributed by atoms with van der Waals surface area (Å²) >= 11 is 0. The summed E-state index contributed by atoms with van der Waals surface area (Å²) in [5, 5.41) is 3.46. The van der Waals surface area contributed by atoms with Gasteiger partial charge in [0.25, 0.3) is 0 Å². The second-order valence-electron chi connectivity index (χ2n) is 4.99. The van der Waals surface area contributed by atoms with E-state index in [2.05, 4.69) is 23.3 Å². The van der Waals surface area contributed by atoms with Crippen molar-refractivity contribution in [3.63, 3.8) is 0 Å². The zero-order chi connectivity index (χ0) is 11.9. The molecule has 0 aliphatic carbocycles. The maximum atomic E-state index is 5.83. The summed E-state index contributed by atoms with van der Waals surface area (Å²) in [7, 11) is 0. The third-order valence-electron chi connectivity index (χ3n) is 3.58. The van der Waals surface area contributed by atoms with Gasteiger partial charge < -0.3 is 15.0 Å². The van der Waals surface area contributed by atoms with Gasteiger partial charge in [-0.05, 0) is 63.7 Å². The Labute approximate surface area is 104 Å². The fourth-order valence-electron chi connectivity index (χ4n) is 2.49. The van der Waals surface area contributed by atoms with Gasteiger partial charge in [-0.2, -0.15) is 0 Å². The number of aromatic amines is 1. The van der Waals surface area contributed by atoms with E-state index < -0.39 is 0 Å². The van der Waals surface area contributed by atoms with E-state index in [1.54, 1.807) is 0 Å². The van der Waals surface area contributed by atoms with Gasteiger partial charge in [-0.3, -0.25) is 0 Å². The van der Waals surface area contributed by atoms with Crippen molar-refractivity contribution in [2.24, 2.45) is 5.92 Å². The number of aromatic nitrogens is 1. The number of H-pyrrole nitrogens is 1. The van der Waals surface area contributed by atoms with E-state index in [0.717, 1.165) is 12.5 Å². The molecule has 0 unspecified atom stereocenters. The highest BCUT2D eigenvalue weighted by Crippen LogP contribution is 2.18. The molecule has 2 atom stereocenters. The fourth-order valence-corrected chi connectivity index (χ4v) is 2.49. The highest BCUT2D eigenvalue weighted by molar-refractivity contribution is 5.06. The van der Waals surface area contributed by atoms with Crippen LogP contribution in [0.5, 0.6) is 0 Å². The zero-order valence-corrected chi connectivity index (χ0v) is 10.7. The lowest BCUT2D eigenvalue weighted by Crippen LogP contribution is -2.29. The van der Waals surface area contributed by atoms with Gasteiger partial charge in [0.05, 0.1) is 6.10 Å². The lowest BCUT2D eigenvalue weighted by atomic mass is 9.95. The minimum absolute atomic E-state index is 0.189. The molecule has 0 saturated carbocycles. The predicted molar refractivity (Wildman–Crippen MR) is 70.0 cm³/mol. The van der Waals surface area contributed by atoms with Gasteiger partial charge in [-0.1, -0.05) is 0 Å². The molecule has 1 fully saturated rings. The number of rotatable bonds is 6. The van der Waals surface area contributed by atoms with Gasteiger partial charge in [0.15, 0.2) is 0 Å². The third kappa shape index (κ3) is 4.17. The molecule has 2 rings (SSSR count). The van der Waals surface area contributed by atoms with E-state index in [4.69, 9.17) is 4.74 Å². The third-order valence-corrected chi connectivity index (χ3v) is 3.58. The van der Waals surface area contributed by atoms with Gasteiger partial charge in [-0.25, -0.2) is 0 Å². The van der Waals surface area contributed by atoms with E-state index in [9.17, 15) is 0 Å². The number of nitrogens with one attached hydrogen (secondary N) is 2. The van der Waals surface area contributed by atoms with Gasteiger partial charge in [-0.15, -0.1) is 0 Å². The summed E-state index contributed by atoms with van der Waals surface area (Å²) in [6.07, 6.45) is 7.34. The minimum atomic E-state index is 0.189. The Morgan fingerprint density at radius 3 is 3.18 bits per heavy atom. The molecule has 0 radical (unpaired) electrons. The normalized spacial score (nSPS) is 22.5. The van der Waals surface area contributed by atoms with Crippen molar-refractivity contribution in [1.29, 1.82) is 0 Å². The van der Waals surface area contributed by atoms with Crippen LogP contribution in [0, 0.1) is 5.92 Å². The fraction of sp³-hybridized carbons (Fsp3) is 0.714. The van der Waals surface area contributed by atoms with Crippen molar-refractivity contribution in [2.45, 2.75) is 38.7 Å². The Kier molecular flexibility index (Phi) is 5.08. The summed E-state index contributed by atoms with van der Waals surface area (Å²) in [4.78, 5) is 3.19. The Morgan fingerprint density at radius 1 is 1.53 bits per heavy atom. The van der Waals surface area contributed by atoms with Crippen molar-refractivity contribution < 1.29 is 4.74 Å². The molecule has 0 spiro atoms. The molecule has 96 valence electrons. The molecule has 1 saturated heterocycles. The molecule has 1 aliphatic heterocycles. The number of hydrogen-bond acceptors (Lipinski definition) is 2. The first-order valence-electron chi connectivity index (χ1n) is 6.82. The van der Waals surface area contributed by atoms with Crippen LogP contribution >= 0.6 is 0 Å². The van der Waals surface area contributed by atoms with Crippen LogP contribution in [0.3, 0.4) is 0 Å². The molecule has 2 heterocycles. The van der Waals surface area contributed by atoms with Gasteiger partial charge in [0.1, 0.15) is 0 Å². The molecule has 0 aromatic carbocycles. The lowest BCUT2D eigenvalue weighted by molar-refractivity contribution is 0.0578. The highest BCUT2D eigenvalue weighted by atomic mass is 16.5. The SMILES string of the molecule is C[C@@H](OCCC[C@@H]1CCCNC1)c1ccc[nH]1. The Balaban J connectivity index is 1.56. The first kappa shape index (κ1) is 12.7. The highest BCUT2D eigenvalue weighted by Gasteiger charge is 2.12. The van der Waals surface area contributed by atoms with Crippen LogP contribution in [-0.4, -0.2) is 24.7 Å². The van der Waals surface area contributed by atoms with Crippen molar-refractivity contribution in [1.82, 2.24) is 10.3 Å². The lowest BCUT2D eigenvalue weighted by Gasteiger charge is -2.22. The minimum Gasteiger partial charge on any atom is -0.372 e. The molecule has 0 bridgehead atoms. The Hall–Kier alpha value is -0.800. The van der Waals surface area contributed by atoms with Crippen LogP contribution in [0.2, 0.25) is 0 Å². The molecule has 2 N–H and O–H groups in total. The Morgan fingerprint density at radius 2 is 2.47 bits per heavy atom. The first-order valence-corrected chi connectivity index (χ1v) is 6.82. The number of hydrogen-bond donors (Lipinski definition) is 2. The molecular weight excluding hydrogens is 212 g/mol. The first-order chi connectivity index (χ1) is 8.36. The van der Waals surface area contributed by atoms with Crippen LogP contribution in [0.1, 0.15) is 44.4 Å². The van der Waals surface area contributed by atoms with Gasteiger partial charge in [0, 0.05) is 18.5 Å². The second kappa shape index (κ2) is 6.82. The largest absolute Gasteiger partial charge is 0.372 e. The molecule has 0 amide bonds. The summed E-state index contributed by atoms with van der Waals surface area (Å²) in [6, 6.07) is 4.10. The molecule has 17 heavy (non-hydrogen) atoms. The average molecular weight is 236 g/mol. The predicted octanol–water partition coefficient (Wildman–Crippen LogP) is 2.87. The Bertz CT molecular complexity index is 291. The summed E-state index contributed by atoms with van der Waals surface area (Å²) in [6.45, 7) is 5.38. The van der Waals surface area contributed by atoms with Crippen LogP contribution in [-0.2, 0) is 4.74 Å². The molecule has 1 aromatic heterocycles. The van der Waals surface area contributed by atoms with Crippen molar-refractivity contribution >= 4 is 0 Å². The monoisotopic (exact) mass is 236 g/mol. The van der Waals surface area contributed by atoms with Gasteiger partial charge in [0.2, 0.25) is 0 Å². The molecule has 3 nitrogen and oxygen atoms in total. The average Bonchev–Trinajstić information content (AvgIpc) is 2.89. The maximum absolute atomic E-state index is 5.83. The summed E-state index contributed by atoms with van der Waals surface area (Å²) < 4.78 is 5.83. The topological polar surface area (TPSA) is 37.0 Å². The zero-order valence-electron chi connectivity index (χ0n) is 10.7. The molecule has 1 aromatic rings. The van der Waals surface area contributed by atoms with E-state index in [0.29, 0.717) is 0 Å². The van der Waals surface area contributed by atoms with Crippen LogP contribution in [0.4, 0.5) is 0 Å². The van der Waals surface area contributed by atoms with Crippen LogP contribution in [0.15, 0.2) is 18.3 Å². The summed E-state index contributed by atoms with van der Waals surface area (Å²) in [5.41, 5.74) is 1.17. The number of ether oxygens (including phenoxy) is 1. The molecule has 1 aliphatic rings. The standard InChI is InChI=1S/C14H24N2O/c1-12(14-7-3-9-16-14)17-10-4-6-13-5-2-8-15-11-13/h3,7,9,12-13,15-16H,2,4-6,8,10-11H2,1H3/t12-,13+/m1/s1. The van der Waals surface area contributed by atoms with Crippen molar-refractivity contribution in [3.05, 3.63) is 24.0 Å². The molecule has 3 heteroatoms. The van der Waals surface area contributed by atoms with E-state index in [1.807, 2.05) is 12.3 Å². The van der Waals surface area contributed by atoms with Gasteiger partial charge >= 0.3 is 0 Å². The van der Waals surface area contributed by atoms with Crippen molar-refractivity contribution in [2.75, 3.05) is 19.7 Å². The quantitative estimate of drug-likeness (QED) is 0.745. The number of piperidine rings is 1. The van der Waals surface area contributed by atoms with Crippen LogP contribution in [0.25, 0.3) is 0 Å². The van der Waals surface area contributed by atoms with E-state index in [1.165, 1.54) is 44.5 Å².